The first-order chi connectivity index (χ1) is 5.24. The molecule has 0 spiro atoms. The van der Waals surface area contributed by atoms with Crippen molar-refractivity contribution in [2.24, 2.45) is 0 Å². The van der Waals surface area contributed by atoms with Gasteiger partial charge in [0.1, 0.15) is 0 Å². The normalized spacial score (nSPS) is 11.2. The van der Waals surface area contributed by atoms with Crippen LogP contribution in [-0.4, -0.2) is 11.7 Å². The van der Waals surface area contributed by atoms with Crippen molar-refractivity contribution in [2.75, 3.05) is 6.61 Å². The maximum Gasteiger partial charge on any atom is 0.0615 e. The Bertz CT molecular complexity index is 261. The van der Waals surface area contributed by atoms with Crippen molar-refractivity contribution in [2.45, 2.75) is 13.8 Å². The Kier molecular flexibility index (Phi) is 2.85. The van der Waals surface area contributed by atoms with E-state index in [1.54, 1.807) is 17.4 Å². The highest BCUT2D eigenvalue weighted by atomic mass is 32.1. The van der Waals surface area contributed by atoms with Crippen LogP contribution in [0.2, 0.25) is 0 Å². The van der Waals surface area contributed by atoms with Crippen molar-refractivity contribution in [1.29, 1.82) is 0 Å². The third-order valence-electron chi connectivity index (χ3n) is 1.48. The van der Waals surface area contributed by atoms with Crippen molar-refractivity contribution in [3.8, 4) is 0 Å². The van der Waals surface area contributed by atoms with Gasteiger partial charge < -0.3 is 5.11 Å². The average Bonchev–Trinajstić information content (AvgIpc) is 2.26. The maximum atomic E-state index is 8.54. The highest BCUT2D eigenvalue weighted by molar-refractivity contribution is 7.12. The molecule has 60 valence electrons. The molecule has 0 saturated heterocycles. The lowest BCUT2D eigenvalue weighted by molar-refractivity contribution is 0.343. The van der Waals surface area contributed by atoms with E-state index in [-0.39, 0.29) is 6.61 Å². The summed E-state index contributed by atoms with van der Waals surface area (Å²) in [4.78, 5) is 2.63. The molecule has 0 aliphatic carbocycles. The molecule has 0 unspecified atom stereocenters. The van der Waals surface area contributed by atoms with Crippen LogP contribution >= 0.6 is 11.3 Å². The quantitative estimate of drug-likeness (QED) is 0.718. The molecule has 11 heavy (non-hydrogen) atoms. The summed E-state index contributed by atoms with van der Waals surface area (Å²) in [5.41, 5.74) is 1.22. The van der Waals surface area contributed by atoms with Crippen LogP contribution in [0.15, 0.2) is 12.1 Å². The highest BCUT2D eigenvalue weighted by Crippen LogP contribution is 2.21. The summed E-state index contributed by atoms with van der Waals surface area (Å²) in [5.74, 6) is 0. The summed E-state index contributed by atoms with van der Waals surface area (Å²) < 4.78 is 0. The molecule has 1 nitrogen and oxygen atoms in total. The van der Waals surface area contributed by atoms with Crippen LogP contribution in [0.3, 0.4) is 0 Å². The number of thiophene rings is 1. The van der Waals surface area contributed by atoms with E-state index in [1.807, 2.05) is 6.08 Å². The van der Waals surface area contributed by atoms with E-state index in [4.69, 9.17) is 5.11 Å². The van der Waals surface area contributed by atoms with Gasteiger partial charge in [0, 0.05) is 9.75 Å². The second-order valence-electron chi connectivity index (χ2n) is 2.45. The Morgan fingerprint density at radius 3 is 2.73 bits per heavy atom. The van der Waals surface area contributed by atoms with Gasteiger partial charge in [-0.15, -0.1) is 11.3 Å². The molecule has 0 aliphatic heterocycles. The zero-order valence-electron chi connectivity index (χ0n) is 6.79. The Morgan fingerprint density at radius 2 is 2.27 bits per heavy atom. The molecule has 0 atom stereocenters. The van der Waals surface area contributed by atoms with Crippen molar-refractivity contribution >= 4 is 17.4 Å². The first-order valence-corrected chi connectivity index (χ1v) is 4.40. The number of hydrogen-bond acceptors (Lipinski definition) is 2. The van der Waals surface area contributed by atoms with Gasteiger partial charge in [-0.1, -0.05) is 12.2 Å². The average molecular weight is 168 g/mol. The first-order valence-electron chi connectivity index (χ1n) is 3.58. The van der Waals surface area contributed by atoms with Crippen LogP contribution in [0.4, 0.5) is 0 Å². The van der Waals surface area contributed by atoms with E-state index in [9.17, 15) is 0 Å². The molecule has 1 N–H and O–H groups in total. The Labute approximate surface area is 71.0 Å². The molecule has 0 aliphatic rings. The fourth-order valence-corrected chi connectivity index (χ4v) is 1.91. The molecular weight excluding hydrogens is 156 g/mol. The summed E-state index contributed by atoms with van der Waals surface area (Å²) in [7, 11) is 0. The summed E-state index contributed by atoms with van der Waals surface area (Å²) in [6.07, 6.45) is 3.72. The molecule has 1 aromatic heterocycles. The zero-order chi connectivity index (χ0) is 8.27. The smallest absolute Gasteiger partial charge is 0.0615 e. The molecule has 0 radical (unpaired) electrons. The van der Waals surface area contributed by atoms with E-state index in [1.165, 1.54) is 15.3 Å². The molecule has 0 bridgehead atoms. The summed E-state index contributed by atoms with van der Waals surface area (Å²) in [6.45, 7) is 4.30. The van der Waals surface area contributed by atoms with Crippen LogP contribution < -0.4 is 0 Å². The summed E-state index contributed by atoms with van der Waals surface area (Å²) >= 11 is 1.79. The Hall–Kier alpha value is -0.600. The van der Waals surface area contributed by atoms with Crippen LogP contribution in [0.5, 0.6) is 0 Å². The fourth-order valence-electron chi connectivity index (χ4n) is 0.996. The Balaban J connectivity index is 2.85. The molecule has 0 aromatic carbocycles. The lowest BCUT2D eigenvalue weighted by atomic mass is 10.2. The van der Waals surface area contributed by atoms with Crippen molar-refractivity contribution in [3.05, 3.63) is 27.5 Å². The molecular formula is C9H12OS. The second kappa shape index (κ2) is 3.69. The van der Waals surface area contributed by atoms with E-state index in [2.05, 4.69) is 19.9 Å². The fraction of sp³-hybridized carbons (Fsp3) is 0.333. The van der Waals surface area contributed by atoms with Crippen LogP contribution in [0.25, 0.3) is 6.08 Å². The maximum absolute atomic E-state index is 8.54. The third kappa shape index (κ3) is 2.17. The van der Waals surface area contributed by atoms with Crippen molar-refractivity contribution in [1.82, 2.24) is 0 Å². The third-order valence-corrected chi connectivity index (χ3v) is 2.46. The van der Waals surface area contributed by atoms with E-state index < -0.39 is 0 Å². The predicted molar refractivity (Wildman–Crippen MR) is 49.9 cm³/mol. The zero-order valence-corrected chi connectivity index (χ0v) is 7.61. The van der Waals surface area contributed by atoms with Gasteiger partial charge in [-0.05, 0) is 25.5 Å². The van der Waals surface area contributed by atoms with Gasteiger partial charge in [0.15, 0.2) is 0 Å². The molecule has 2 heteroatoms. The standard InChI is InChI=1S/C9H12OS/c1-7-6-9(4-3-5-10)8(2)11-7/h3-4,6,10H,5H2,1-2H3/b4-3+. The highest BCUT2D eigenvalue weighted by Gasteiger charge is 1.97. The molecule has 1 aromatic rings. The van der Waals surface area contributed by atoms with E-state index >= 15 is 0 Å². The lowest BCUT2D eigenvalue weighted by Gasteiger charge is -1.86. The van der Waals surface area contributed by atoms with Crippen LogP contribution in [-0.2, 0) is 0 Å². The van der Waals surface area contributed by atoms with Crippen molar-refractivity contribution < 1.29 is 5.11 Å². The van der Waals surface area contributed by atoms with Gasteiger partial charge >= 0.3 is 0 Å². The van der Waals surface area contributed by atoms with Gasteiger partial charge in [0.2, 0.25) is 0 Å². The van der Waals surface area contributed by atoms with Gasteiger partial charge in [-0.25, -0.2) is 0 Å². The number of aliphatic hydroxyl groups is 1. The lowest BCUT2D eigenvalue weighted by Crippen LogP contribution is -1.72. The largest absolute Gasteiger partial charge is 0.392 e. The monoisotopic (exact) mass is 168 g/mol. The van der Waals surface area contributed by atoms with Crippen molar-refractivity contribution in [3.63, 3.8) is 0 Å². The predicted octanol–water partition coefficient (Wildman–Crippen LogP) is 2.37. The second-order valence-corrected chi connectivity index (χ2v) is 3.91. The molecule has 1 rings (SSSR count). The SMILES string of the molecule is Cc1cc(/C=C/CO)c(C)s1. The molecule has 0 saturated carbocycles. The summed E-state index contributed by atoms with van der Waals surface area (Å²) in [5, 5.41) is 8.54. The van der Waals surface area contributed by atoms with Gasteiger partial charge in [0.05, 0.1) is 6.61 Å². The minimum Gasteiger partial charge on any atom is -0.392 e. The van der Waals surface area contributed by atoms with Gasteiger partial charge in [0.25, 0.3) is 0 Å². The van der Waals surface area contributed by atoms with E-state index in [0.29, 0.717) is 0 Å². The minimum absolute atomic E-state index is 0.119. The van der Waals surface area contributed by atoms with E-state index in [0.717, 1.165) is 0 Å². The van der Waals surface area contributed by atoms with Gasteiger partial charge in [-0.3, -0.25) is 0 Å². The molecule has 0 fully saturated rings. The minimum atomic E-state index is 0.119. The topological polar surface area (TPSA) is 20.2 Å². The number of aryl methyl sites for hydroxylation is 2. The van der Waals surface area contributed by atoms with Crippen LogP contribution in [0, 0.1) is 13.8 Å². The number of aliphatic hydroxyl groups excluding tert-OH is 1. The number of hydrogen-bond donors (Lipinski definition) is 1. The first kappa shape index (κ1) is 8.50. The summed E-state index contributed by atoms with van der Waals surface area (Å²) in [6, 6.07) is 2.13. The van der Waals surface area contributed by atoms with Crippen LogP contribution in [0.1, 0.15) is 15.3 Å². The molecule has 1 heterocycles. The van der Waals surface area contributed by atoms with Gasteiger partial charge in [-0.2, -0.15) is 0 Å². The number of rotatable bonds is 2. The Morgan fingerprint density at radius 1 is 1.55 bits per heavy atom. The molecule has 0 amide bonds.